The molecule has 108 valence electrons. The number of rotatable bonds is 2. The molecule has 1 aliphatic rings. The van der Waals surface area contributed by atoms with E-state index >= 15 is 0 Å². The van der Waals surface area contributed by atoms with E-state index in [-0.39, 0.29) is 17.5 Å². The van der Waals surface area contributed by atoms with Gasteiger partial charge in [-0.2, -0.15) is 0 Å². The zero-order chi connectivity index (χ0) is 15.1. The van der Waals surface area contributed by atoms with Crippen molar-refractivity contribution < 1.29 is 4.79 Å². The van der Waals surface area contributed by atoms with E-state index in [4.69, 9.17) is 17.4 Å². The molecule has 0 aliphatic carbocycles. The van der Waals surface area contributed by atoms with Crippen LogP contribution in [0.4, 0.5) is 5.69 Å². The van der Waals surface area contributed by atoms with Crippen LogP contribution in [0.2, 0.25) is 5.02 Å². The monoisotopic (exact) mass is 293 g/mol. The van der Waals surface area contributed by atoms with Crippen molar-refractivity contribution in [2.24, 2.45) is 5.84 Å². The standard InChI is InChI=1S/C15H20ClN3O/c1-9-8-15(3,4)19(10(2)14(20)18-17)13-6-5-11(16)7-12(9)13/h5-8,10H,17H2,1-4H3,(H,18,20). The van der Waals surface area contributed by atoms with Crippen molar-refractivity contribution in [1.82, 2.24) is 5.43 Å². The number of amides is 1. The number of hydrazine groups is 1. The average molecular weight is 294 g/mol. The highest BCUT2D eigenvalue weighted by molar-refractivity contribution is 6.30. The van der Waals surface area contributed by atoms with Gasteiger partial charge in [-0.25, -0.2) is 5.84 Å². The zero-order valence-corrected chi connectivity index (χ0v) is 13.0. The molecule has 1 heterocycles. The lowest BCUT2D eigenvalue weighted by Crippen LogP contribution is -2.56. The minimum absolute atomic E-state index is 0.216. The van der Waals surface area contributed by atoms with Gasteiger partial charge in [0, 0.05) is 16.3 Å². The van der Waals surface area contributed by atoms with E-state index in [9.17, 15) is 4.79 Å². The van der Waals surface area contributed by atoms with E-state index in [1.54, 1.807) is 0 Å². The Kier molecular flexibility index (Phi) is 3.80. The molecule has 5 heteroatoms. The number of fused-ring (bicyclic) bond motifs is 1. The molecule has 0 radical (unpaired) electrons. The third-order valence-corrected chi connectivity index (χ3v) is 3.98. The number of halogens is 1. The van der Waals surface area contributed by atoms with Crippen LogP contribution in [-0.2, 0) is 4.79 Å². The summed E-state index contributed by atoms with van der Waals surface area (Å²) >= 11 is 6.09. The van der Waals surface area contributed by atoms with Crippen LogP contribution in [0.3, 0.4) is 0 Å². The number of hydrogen-bond donors (Lipinski definition) is 2. The zero-order valence-electron chi connectivity index (χ0n) is 12.2. The van der Waals surface area contributed by atoms with E-state index < -0.39 is 0 Å². The first-order chi connectivity index (χ1) is 9.27. The predicted octanol–water partition coefficient (Wildman–Crippen LogP) is 2.72. The summed E-state index contributed by atoms with van der Waals surface area (Å²) in [6, 6.07) is 5.35. The maximum atomic E-state index is 11.9. The molecule has 0 spiro atoms. The summed E-state index contributed by atoms with van der Waals surface area (Å²) in [5.74, 6) is 5.06. The summed E-state index contributed by atoms with van der Waals surface area (Å²) in [4.78, 5) is 14.0. The number of nitrogens with one attached hydrogen (secondary N) is 1. The third-order valence-electron chi connectivity index (χ3n) is 3.74. The van der Waals surface area contributed by atoms with Gasteiger partial charge in [0.05, 0.1) is 5.54 Å². The molecule has 1 unspecified atom stereocenters. The Morgan fingerprint density at radius 1 is 1.45 bits per heavy atom. The quantitative estimate of drug-likeness (QED) is 0.501. The van der Waals surface area contributed by atoms with Gasteiger partial charge >= 0.3 is 0 Å². The van der Waals surface area contributed by atoms with Crippen LogP contribution >= 0.6 is 11.6 Å². The molecule has 0 saturated heterocycles. The predicted molar refractivity (Wildman–Crippen MR) is 83.5 cm³/mol. The molecule has 2 rings (SSSR count). The van der Waals surface area contributed by atoms with Gasteiger partial charge in [0.2, 0.25) is 0 Å². The number of nitrogens with two attached hydrogens (primary N) is 1. The molecular formula is C15H20ClN3O. The van der Waals surface area contributed by atoms with Crippen molar-refractivity contribution in [2.75, 3.05) is 4.90 Å². The van der Waals surface area contributed by atoms with Gasteiger partial charge in [-0.15, -0.1) is 0 Å². The number of nitrogens with zero attached hydrogens (tertiary/aromatic N) is 1. The molecule has 1 amide bonds. The van der Waals surface area contributed by atoms with Gasteiger partial charge in [-0.3, -0.25) is 10.2 Å². The third kappa shape index (κ3) is 2.41. The highest BCUT2D eigenvalue weighted by Gasteiger charge is 2.36. The van der Waals surface area contributed by atoms with Crippen molar-refractivity contribution in [1.29, 1.82) is 0 Å². The second-order valence-corrected chi connectivity index (χ2v) is 6.13. The molecule has 3 N–H and O–H groups in total. The largest absolute Gasteiger partial charge is 0.351 e. The normalized spacial score (nSPS) is 18.1. The minimum atomic E-state index is -0.376. The topological polar surface area (TPSA) is 58.4 Å². The first-order valence-corrected chi connectivity index (χ1v) is 6.95. The van der Waals surface area contributed by atoms with E-state index in [0.717, 1.165) is 16.8 Å². The first kappa shape index (κ1) is 14.9. The Hall–Kier alpha value is -1.52. The van der Waals surface area contributed by atoms with Crippen LogP contribution < -0.4 is 16.2 Å². The smallest absolute Gasteiger partial charge is 0.256 e. The van der Waals surface area contributed by atoms with Crippen molar-refractivity contribution in [3.8, 4) is 0 Å². The van der Waals surface area contributed by atoms with E-state index in [0.29, 0.717) is 5.02 Å². The van der Waals surface area contributed by atoms with E-state index in [1.807, 2.05) is 25.1 Å². The molecule has 0 saturated carbocycles. The summed E-state index contributed by atoms with van der Waals surface area (Å²) < 4.78 is 0. The second kappa shape index (κ2) is 5.11. The van der Waals surface area contributed by atoms with E-state index in [2.05, 4.69) is 37.2 Å². The lowest BCUT2D eigenvalue weighted by Gasteiger charge is -2.46. The Morgan fingerprint density at radius 2 is 2.10 bits per heavy atom. The van der Waals surface area contributed by atoms with Gasteiger partial charge in [-0.05, 0) is 51.5 Å². The summed E-state index contributed by atoms with van der Waals surface area (Å²) in [6.45, 7) is 8.06. The van der Waals surface area contributed by atoms with Crippen LogP contribution in [-0.4, -0.2) is 17.5 Å². The number of benzene rings is 1. The minimum Gasteiger partial charge on any atom is -0.351 e. The SMILES string of the molecule is CC1=CC(C)(C)N(C(C)C(=O)NN)c2ccc(Cl)cc21. The molecule has 0 bridgehead atoms. The summed E-state index contributed by atoms with van der Waals surface area (Å²) in [7, 11) is 0. The Bertz CT molecular complexity index is 580. The summed E-state index contributed by atoms with van der Waals surface area (Å²) in [5, 5.41) is 0.687. The molecule has 1 atom stereocenters. The fraction of sp³-hybridized carbons (Fsp3) is 0.400. The van der Waals surface area contributed by atoms with Crippen molar-refractivity contribution in [2.45, 2.75) is 39.3 Å². The summed E-state index contributed by atoms with van der Waals surface area (Å²) in [5.41, 5.74) is 5.15. The number of anilines is 1. The number of carbonyl (C=O) groups excluding carboxylic acids is 1. The maximum absolute atomic E-state index is 11.9. The second-order valence-electron chi connectivity index (χ2n) is 5.70. The van der Waals surface area contributed by atoms with Crippen molar-refractivity contribution in [3.63, 3.8) is 0 Å². The maximum Gasteiger partial charge on any atom is 0.256 e. The first-order valence-electron chi connectivity index (χ1n) is 6.57. The lowest BCUT2D eigenvalue weighted by atomic mass is 9.87. The van der Waals surface area contributed by atoms with Gasteiger partial charge in [0.25, 0.3) is 5.91 Å². The number of hydrogen-bond acceptors (Lipinski definition) is 3. The van der Waals surface area contributed by atoms with Crippen LogP contribution in [0.1, 0.15) is 33.3 Å². The molecule has 0 aromatic heterocycles. The fourth-order valence-electron chi connectivity index (χ4n) is 2.97. The molecule has 1 aromatic rings. The number of allylic oxidation sites excluding steroid dienone is 1. The molecule has 4 nitrogen and oxygen atoms in total. The molecule has 1 aromatic carbocycles. The van der Waals surface area contributed by atoms with Crippen LogP contribution in [0, 0.1) is 0 Å². The molecule has 1 aliphatic heterocycles. The van der Waals surface area contributed by atoms with Crippen molar-refractivity contribution >= 4 is 28.8 Å². The number of carbonyl (C=O) groups is 1. The van der Waals surface area contributed by atoms with Crippen LogP contribution in [0.5, 0.6) is 0 Å². The Balaban J connectivity index is 2.59. The Morgan fingerprint density at radius 3 is 2.70 bits per heavy atom. The van der Waals surface area contributed by atoms with Gasteiger partial charge < -0.3 is 4.90 Å². The van der Waals surface area contributed by atoms with Gasteiger partial charge in [-0.1, -0.05) is 17.7 Å². The average Bonchev–Trinajstić information content (AvgIpc) is 2.37. The molecular weight excluding hydrogens is 274 g/mol. The molecule has 20 heavy (non-hydrogen) atoms. The fourth-order valence-corrected chi connectivity index (χ4v) is 3.14. The van der Waals surface area contributed by atoms with Crippen molar-refractivity contribution in [3.05, 3.63) is 34.9 Å². The molecule has 0 fully saturated rings. The van der Waals surface area contributed by atoms with Crippen LogP contribution in [0.15, 0.2) is 24.3 Å². The Labute approximate surface area is 124 Å². The van der Waals surface area contributed by atoms with Gasteiger partial charge in [0.1, 0.15) is 6.04 Å². The summed E-state index contributed by atoms with van der Waals surface area (Å²) in [6.07, 6.45) is 2.14. The highest BCUT2D eigenvalue weighted by atomic mass is 35.5. The highest BCUT2D eigenvalue weighted by Crippen LogP contribution is 2.41. The lowest BCUT2D eigenvalue weighted by molar-refractivity contribution is -0.122. The van der Waals surface area contributed by atoms with Crippen LogP contribution in [0.25, 0.3) is 5.57 Å². The van der Waals surface area contributed by atoms with Gasteiger partial charge in [0.15, 0.2) is 0 Å². The van der Waals surface area contributed by atoms with E-state index in [1.165, 1.54) is 0 Å².